The number of hydrogen-bond acceptors (Lipinski definition) is 5. The molecule has 0 aromatic heterocycles. The molecule has 3 amide bonds. The fourth-order valence-electron chi connectivity index (χ4n) is 3.68. The van der Waals surface area contributed by atoms with Crippen molar-refractivity contribution in [2.75, 3.05) is 6.61 Å². The van der Waals surface area contributed by atoms with Crippen LogP contribution in [0, 0.1) is 3.57 Å². The van der Waals surface area contributed by atoms with Gasteiger partial charge < -0.3 is 19.9 Å². The largest absolute Gasteiger partial charge is 0.490 e. The number of carboxylic acid groups (broad SMARTS) is 1. The Morgan fingerprint density at radius 2 is 1.84 bits per heavy atom. The van der Waals surface area contributed by atoms with E-state index in [0.717, 1.165) is 18.5 Å². The van der Waals surface area contributed by atoms with Crippen molar-refractivity contribution < 1.29 is 29.0 Å². The number of halogens is 2. The molecular weight excluding hydrogens is 655 g/mol. The molecular formula is C27H22BrIN2O6. The Kier molecular flexibility index (Phi) is 8.49. The van der Waals surface area contributed by atoms with Gasteiger partial charge in [0.05, 0.1) is 22.3 Å². The number of nitrogens with zero attached hydrogens (tertiary/aromatic N) is 1. The number of carboxylic acids is 1. The minimum Gasteiger partial charge on any atom is -0.490 e. The Morgan fingerprint density at radius 3 is 2.54 bits per heavy atom. The van der Waals surface area contributed by atoms with Gasteiger partial charge in [0.2, 0.25) is 0 Å². The first-order valence-electron chi connectivity index (χ1n) is 11.3. The molecule has 1 fully saturated rings. The second-order valence-electron chi connectivity index (χ2n) is 8.06. The number of ether oxygens (including phenoxy) is 2. The SMILES string of the molecule is CCOc1cc(/C=C2/NC(=O)N(Cc3ccc(Br)cc3)C2=O)cc(I)c1OCc1cccc(C(=O)O)c1. The third-order valence-electron chi connectivity index (χ3n) is 5.42. The summed E-state index contributed by atoms with van der Waals surface area (Å²) in [5, 5.41) is 11.9. The molecule has 0 saturated carbocycles. The molecule has 10 heteroatoms. The summed E-state index contributed by atoms with van der Waals surface area (Å²) < 4.78 is 13.4. The van der Waals surface area contributed by atoms with Crippen LogP contribution in [0.15, 0.2) is 70.8 Å². The second kappa shape index (κ2) is 11.8. The van der Waals surface area contributed by atoms with Crippen molar-refractivity contribution in [1.82, 2.24) is 10.2 Å². The first-order chi connectivity index (χ1) is 17.7. The third-order valence-corrected chi connectivity index (χ3v) is 6.75. The first kappa shape index (κ1) is 26.7. The molecule has 190 valence electrons. The molecule has 3 aromatic rings. The quantitative estimate of drug-likeness (QED) is 0.168. The summed E-state index contributed by atoms with van der Waals surface area (Å²) in [5.74, 6) is -0.449. The normalized spacial score (nSPS) is 14.1. The van der Waals surface area contributed by atoms with Crippen molar-refractivity contribution >= 4 is 62.5 Å². The van der Waals surface area contributed by atoms with E-state index in [9.17, 15) is 19.5 Å². The fraction of sp³-hybridized carbons (Fsp3) is 0.148. The Labute approximate surface area is 235 Å². The van der Waals surface area contributed by atoms with Gasteiger partial charge in [0.1, 0.15) is 12.3 Å². The Hall–Kier alpha value is -3.38. The lowest BCUT2D eigenvalue weighted by Crippen LogP contribution is -2.30. The van der Waals surface area contributed by atoms with Crippen LogP contribution in [0.2, 0.25) is 0 Å². The van der Waals surface area contributed by atoms with Crippen molar-refractivity contribution in [2.45, 2.75) is 20.1 Å². The number of urea groups is 1. The number of hydrogen-bond donors (Lipinski definition) is 2. The lowest BCUT2D eigenvalue weighted by Gasteiger charge is -2.15. The number of aromatic carboxylic acids is 1. The average molecular weight is 677 g/mol. The molecule has 0 aliphatic carbocycles. The van der Waals surface area contributed by atoms with Gasteiger partial charge in [-0.15, -0.1) is 0 Å². The van der Waals surface area contributed by atoms with Gasteiger partial charge in [-0.2, -0.15) is 0 Å². The fourth-order valence-corrected chi connectivity index (χ4v) is 4.72. The Morgan fingerprint density at radius 1 is 1.08 bits per heavy atom. The monoisotopic (exact) mass is 676 g/mol. The molecule has 1 heterocycles. The van der Waals surface area contributed by atoms with Crippen molar-refractivity contribution in [3.05, 3.63) is 96.7 Å². The summed E-state index contributed by atoms with van der Waals surface area (Å²) in [6.07, 6.45) is 1.60. The van der Waals surface area contributed by atoms with Crippen LogP contribution in [0.4, 0.5) is 4.79 Å². The van der Waals surface area contributed by atoms with E-state index < -0.39 is 17.9 Å². The molecule has 1 saturated heterocycles. The molecule has 0 spiro atoms. The van der Waals surface area contributed by atoms with Crippen LogP contribution in [0.25, 0.3) is 6.08 Å². The zero-order valence-electron chi connectivity index (χ0n) is 19.7. The molecule has 1 aliphatic heterocycles. The summed E-state index contributed by atoms with van der Waals surface area (Å²) in [4.78, 5) is 37.9. The van der Waals surface area contributed by atoms with Crippen molar-refractivity contribution in [3.63, 3.8) is 0 Å². The molecule has 0 bridgehead atoms. The highest BCUT2D eigenvalue weighted by Crippen LogP contribution is 2.36. The smallest absolute Gasteiger partial charge is 0.335 e. The second-order valence-corrected chi connectivity index (χ2v) is 10.1. The van der Waals surface area contributed by atoms with Crippen LogP contribution in [0.5, 0.6) is 11.5 Å². The number of amides is 3. The first-order valence-corrected chi connectivity index (χ1v) is 13.1. The average Bonchev–Trinajstić information content (AvgIpc) is 3.12. The highest BCUT2D eigenvalue weighted by atomic mass is 127. The third kappa shape index (κ3) is 6.50. The topological polar surface area (TPSA) is 105 Å². The van der Waals surface area contributed by atoms with E-state index in [2.05, 4.69) is 43.8 Å². The summed E-state index contributed by atoms with van der Waals surface area (Å²) in [6.45, 7) is 2.54. The number of carbonyl (C=O) groups excluding carboxylic acids is 2. The van der Waals surface area contributed by atoms with Gasteiger partial charge in [-0.3, -0.25) is 9.69 Å². The van der Waals surface area contributed by atoms with E-state index in [0.29, 0.717) is 29.2 Å². The van der Waals surface area contributed by atoms with Crippen LogP contribution >= 0.6 is 38.5 Å². The van der Waals surface area contributed by atoms with Gasteiger partial charge in [0.25, 0.3) is 5.91 Å². The van der Waals surface area contributed by atoms with Gasteiger partial charge in [-0.1, -0.05) is 40.2 Å². The summed E-state index contributed by atoms with van der Waals surface area (Å²) >= 11 is 5.49. The van der Waals surface area contributed by atoms with E-state index in [1.165, 1.54) is 6.07 Å². The van der Waals surface area contributed by atoms with Crippen molar-refractivity contribution in [2.24, 2.45) is 0 Å². The zero-order chi connectivity index (χ0) is 26.5. The standard InChI is InChI=1S/C27H22BrIN2O6/c1-2-36-23-13-18(11-21(29)24(23)37-15-17-4-3-5-19(10-17)26(33)34)12-22-25(32)31(27(35)30-22)14-16-6-8-20(28)9-7-16/h3-13H,2,14-15H2,1H3,(H,30,35)(H,33,34)/b22-12+. The molecule has 1 aliphatic rings. The van der Waals surface area contributed by atoms with Crippen molar-refractivity contribution in [3.8, 4) is 11.5 Å². The Balaban J connectivity index is 1.54. The molecule has 3 aromatic carbocycles. The predicted molar refractivity (Wildman–Crippen MR) is 149 cm³/mol. The van der Waals surface area contributed by atoms with Crippen LogP contribution in [-0.2, 0) is 17.9 Å². The van der Waals surface area contributed by atoms with E-state index in [-0.39, 0.29) is 24.4 Å². The van der Waals surface area contributed by atoms with Gasteiger partial charge in [0, 0.05) is 4.47 Å². The number of carbonyl (C=O) groups is 3. The number of benzene rings is 3. The zero-order valence-corrected chi connectivity index (χ0v) is 23.4. The number of nitrogens with one attached hydrogen (secondary N) is 1. The van der Waals surface area contributed by atoms with E-state index in [4.69, 9.17) is 9.47 Å². The lowest BCUT2D eigenvalue weighted by atomic mass is 10.1. The lowest BCUT2D eigenvalue weighted by molar-refractivity contribution is -0.123. The highest BCUT2D eigenvalue weighted by molar-refractivity contribution is 14.1. The summed E-state index contributed by atoms with van der Waals surface area (Å²) in [6, 6.07) is 17.0. The van der Waals surface area contributed by atoms with Crippen molar-refractivity contribution in [1.29, 1.82) is 0 Å². The van der Waals surface area contributed by atoms with E-state index in [1.807, 2.05) is 37.3 Å². The minimum absolute atomic E-state index is 0.150. The van der Waals surface area contributed by atoms with Gasteiger partial charge in [-0.25, -0.2) is 9.59 Å². The van der Waals surface area contributed by atoms with Crippen LogP contribution in [0.3, 0.4) is 0 Å². The van der Waals surface area contributed by atoms with Crippen LogP contribution in [-0.4, -0.2) is 34.5 Å². The molecule has 4 rings (SSSR count). The predicted octanol–water partition coefficient (Wildman–Crippen LogP) is 5.82. The number of imide groups is 1. The van der Waals surface area contributed by atoms with Crippen LogP contribution in [0.1, 0.15) is 34.0 Å². The molecule has 8 nitrogen and oxygen atoms in total. The van der Waals surface area contributed by atoms with E-state index >= 15 is 0 Å². The van der Waals surface area contributed by atoms with Crippen LogP contribution < -0.4 is 14.8 Å². The highest BCUT2D eigenvalue weighted by Gasteiger charge is 2.33. The summed E-state index contributed by atoms with van der Waals surface area (Å²) in [7, 11) is 0. The number of rotatable bonds is 9. The molecule has 0 radical (unpaired) electrons. The molecule has 0 atom stereocenters. The molecule has 2 N–H and O–H groups in total. The maximum Gasteiger partial charge on any atom is 0.335 e. The Bertz CT molecular complexity index is 1390. The molecule has 37 heavy (non-hydrogen) atoms. The van der Waals surface area contributed by atoms with Gasteiger partial charge in [0.15, 0.2) is 11.5 Å². The minimum atomic E-state index is -1.01. The maximum absolute atomic E-state index is 13.0. The molecule has 0 unspecified atom stereocenters. The van der Waals surface area contributed by atoms with Gasteiger partial charge >= 0.3 is 12.0 Å². The maximum atomic E-state index is 13.0. The van der Waals surface area contributed by atoms with Gasteiger partial charge in [-0.05, 0) is 88.7 Å². The summed E-state index contributed by atoms with van der Waals surface area (Å²) in [5.41, 5.74) is 2.54. The van der Waals surface area contributed by atoms with E-state index in [1.54, 1.807) is 30.3 Å².